The van der Waals surface area contributed by atoms with E-state index in [0.29, 0.717) is 5.41 Å². The van der Waals surface area contributed by atoms with Crippen LogP contribution in [0.4, 0.5) is 0 Å². The minimum absolute atomic E-state index is 0.567. The summed E-state index contributed by atoms with van der Waals surface area (Å²) in [5.74, 6) is 2.62. The molecule has 0 spiro atoms. The molecule has 17 heavy (non-hydrogen) atoms. The summed E-state index contributed by atoms with van der Waals surface area (Å²) in [6.45, 7) is 12.8. The van der Waals surface area contributed by atoms with Gasteiger partial charge < -0.3 is 5.32 Å². The van der Waals surface area contributed by atoms with Crippen LogP contribution in [0.3, 0.4) is 0 Å². The average molecular weight is 255 g/mol. The predicted octanol–water partition coefficient (Wildman–Crippen LogP) is 3.81. The molecule has 1 heterocycles. The lowest BCUT2D eigenvalue weighted by molar-refractivity contribution is 0.151. The smallest absolute Gasteiger partial charge is 0.00232 e. The summed E-state index contributed by atoms with van der Waals surface area (Å²) in [6, 6.07) is 0. The van der Waals surface area contributed by atoms with Gasteiger partial charge in [0.25, 0.3) is 0 Å². The first-order chi connectivity index (χ1) is 8.04. The van der Waals surface area contributed by atoms with Crippen LogP contribution in [0.25, 0.3) is 0 Å². The Hall–Kier alpha value is -0.0000000000000000208. The van der Waals surface area contributed by atoms with Crippen molar-refractivity contribution in [3.8, 4) is 0 Å². The van der Waals surface area contributed by atoms with Crippen molar-refractivity contribution in [3.05, 3.63) is 12.7 Å². The molecule has 0 aromatic carbocycles. The molecule has 1 fully saturated rings. The molecule has 0 unspecified atom stereocenters. The summed E-state index contributed by atoms with van der Waals surface area (Å²) in [5, 5.41) is 3.41. The first-order valence-corrected chi connectivity index (χ1v) is 9.96. The molecule has 0 aliphatic carbocycles. The molecule has 2 heteroatoms. The molecule has 1 aliphatic heterocycles. The van der Waals surface area contributed by atoms with E-state index in [0.717, 1.165) is 0 Å². The van der Waals surface area contributed by atoms with E-state index in [1.165, 1.54) is 51.4 Å². The summed E-state index contributed by atoms with van der Waals surface area (Å²) in [6.07, 6.45) is 10.1. The third-order valence-electron chi connectivity index (χ3n) is 4.18. The van der Waals surface area contributed by atoms with E-state index in [1.54, 1.807) is 0 Å². The largest absolute Gasteiger partial charge is 0.316 e. The Morgan fingerprint density at radius 1 is 1.29 bits per heavy atom. The van der Waals surface area contributed by atoms with Crippen molar-refractivity contribution < 1.29 is 0 Å². The predicted molar refractivity (Wildman–Crippen MR) is 84.0 cm³/mol. The van der Waals surface area contributed by atoms with Crippen molar-refractivity contribution in [1.82, 2.24) is 5.32 Å². The molecule has 1 aliphatic rings. The van der Waals surface area contributed by atoms with Crippen LogP contribution < -0.4 is 5.32 Å². The van der Waals surface area contributed by atoms with Gasteiger partial charge >= 0.3 is 0 Å². The lowest BCUT2D eigenvalue weighted by Gasteiger charge is -2.42. The van der Waals surface area contributed by atoms with Crippen LogP contribution in [0.2, 0.25) is 0 Å². The van der Waals surface area contributed by atoms with Crippen LogP contribution in [0, 0.1) is 5.41 Å². The molecule has 0 amide bonds. The van der Waals surface area contributed by atoms with Crippen molar-refractivity contribution in [2.24, 2.45) is 5.41 Å². The Balaban J connectivity index is 2.20. The van der Waals surface area contributed by atoms with Crippen molar-refractivity contribution in [1.29, 1.82) is 0 Å². The van der Waals surface area contributed by atoms with E-state index >= 15 is 0 Å². The number of unbranched alkanes of at least 4 members (excludes halogenated alkanes) is 2. The molecule has 0 radical (unpaired) electrons. The highest BCUT2D eigenvalue weighted by molar-refractivity contribution is 7.73. The highest BCUT2D eigenvalue weighted by Crippen LogP contribution is 2.37. The van der Waals surface area contributed by atoms with Gasteiger partial charge in [-0.15, -0.1) is 13.5 Å². The van der Waals surface area contributed by atoms with Gasteiger partial charge in [0.1, 0.15) is 0 Å². The molecule has 1 nitrogen and oxygen atoms in total. The van der Waals surface area contributed by atoms with Gasteiger partial charge in [-0.05, 0) is 50.6 Å². The summed E-state index contributed by atoms with van der Waals surface area (Å²) in [7, 11) is 0. The fraction of sp³-hybridized carbons (Fsp3) is 0.800. The fourth-order valence-electron chi connectivity index (χ4n) is 2.42. The molecule has 0 saturated carbocycles. The van der Waals surface area contributed by atoms with Crippen molar-refractivity contribution in [3.63, 3.8) is 0 Å². The number of hydrogen-bond donors (Lipinski definition) is 1. The quantitative estimate of drug-likeness (QED) is 0.395. The lowest BCUT2D eigenvalue weighted by Crippen LogP contribution is -2.53. The Bertz CT molecular complexity index is 283. The minimum Gasteiger partial charge on any atom is -0.316 e. The van der Waals surface area contributed by atoms with Gasteiger partial charge in [-0.3, -0.25) is 0 Å². The second-order valence-electron chi connectivity index (χ2n) is 6.12. The molecule has 1 rings (SSSR count). The Kier molecular flexibility index (Phi) is 6.03. The SMILES string of the molecule is C=CCC1(CCCCC=P(C)(C)CC)CNC1. The van der Waals surface area contributed by atoms with Crippen LogP contribution in [0.5, 0.6) is 0 Å². The van der Waals surface area contributed by atoms with Crippen LogP contribution in [0.15, 0.2) is 12.7 Å². The standard InChI is InChI=1S/C15H30NP/c1-5-10-15(13-16-14-15)11-8-7-9-12-17(3,4)6-2/h5,12,16H,1,6-11,13-14H2,2-4H3. The minimum atomic E-state index is -0.663. The van der Waals surface area contributed by atoms with Gasteiger partial charge in [-0.1, -0.05) is 25.2 Å². The topological polar surface area (TPSA) is 12.0 Å². The molecule has 1 N–H and O–H groups in total. The van der Waals surface area contributed by atoms with Crippen LogP contribution in [0.1, 0.15) is 39.0 Å². The van der Waals surface area contributed by atoms with Gasteiger partial charge in [0.2, 0.25) is 0 Å². The lowest BCUT2D eigenvalue weighted by atomic mass is 9.74. The normalized spacial score (nSPS) is 18.5. The maximum absolute atomic E-state index is 3.89. The van der Waals surface area contributed by atoms with E-state index in [1.807, 2.05) is 0 Å². The third-order valence-corrected chi connectivity index (χ3v) is 7.05. The first-order valence-electron chi connectivity index (χ1n) is 7.02. The molecular weight excluding hydrogens is 225 g/mol. The van der Waals surface area contributed by atoms with Crippen molar-refractivity contribution in [2.45, 2.75) is 39.0 Å². The Morgan fingerprint density at radius 2 is 2.00 bits per heavy atom. The zero-order valence-corrected chi connectivity index (χ0v) is 12.9. The van der Waals surface area contributed by atoms with Gasteiger partial charge in [0.15, 0.2) is 0 Å². The van der Waals surface area contributed by atoms with Crippen LogP contribution in [-0.4, -0.2) is 38.4 Å². The second kappa shape index (κ2) is 6.81. The highest BCUT2D eigenvalue weighted by atomic mass is 31.2. The summed E-state index contributed by atoms with van der Waals surface area (Å²) < 4.78 is 0. The van der Waals surface area contributed by atoms with Gasteiger partial charge in [0.05, 0.1) is 0 Å². The summed E-state index contributed by atoms with van der Waals surface area (Å²) in [4.78, 5) is 0. The number of nitrogens with one attached hydrogen (secondary N) is 1. The van der Waals surface area contributed by atoms with Crippen LogP contribution in [-0.2, 0) is 0 Å². The van der Waals surface area contributed by atoms with Gasteiger partial charge in [-0.25, -0.2) is 0 Å². The Morgan fingerprint density at radius 3 is 2.47 bits per heavy atom. The first kappa shape index (κ1) is 15.1. The van der Waals surface area contributed by atoms with Crippen molar-refractivity contribution >= 4 is 12.7 Å². The molecule has 0 bridgehead atoms. The van der Waals surface area contributed by atoms with E-state index in [-0.39, 0.29) is 0 Å². The average Bonchev–Trinajstić information content (AvgIpc) is 2.25. The van der Waals surface area contributed by atoms with E-state index in [9.17, 15) is 0 Å². The number of hydrogen-bond acceptors (Lipinski definition) is 1. The zero-order valence-electron chi connectivity index (χ0n) is 12.0. The van der Waals surface area contributed by atoms with Gasteiger partial charge in [0, 0.05) is 13.1 Å². The highest BCUT2D eigenvalue weighted by Gasteiger charge is 2.34. The second-order valence-corrected chi connectivity index (χ2v) is 10.7. The summed E-state index contributed by atoms with van der Waals surface area (Å²) >= 11 is 0. The third kappa shape index (κ3) is 5.02. The molecule has 0 aromatic rings. The van der Waals surface area contributed by atoms with E-state index < -0.39 is 6.89 Å². The molecule has 1 saturated heterocycles. The van der Waals surface area contributed by atoms with Crippen molar-refractivity contribution in [2.75, 3.05) is 32.6 Å². The van der Waals surface area contributed by atoms with E-state index in [2.05, 4.69) is 44.0 Å². The van der Waals surface area contributed by atoms with Crippen LogP contribution >= 0.6 is 6.89 Å². The van der Waals surface area contributed by atoms with E-state index in [4.69, 9.17) is 0 Å². The molecule has 0 atom stereocenters. The zero-order chi connectivity index (χ0) is 12.8. The fourth-order valence-corrected chi connectivity index (χ4v) is 3.56. The monoisotopic (exact) mass is 255 g/mol. The number of allylic oxidation sites excluding steroid dienone is 1. The molecule has 0 aromatic heterocycles. The molecular formula is C15H30NP. The number of rotatable bonds is 8. The molecule has 100 valence electrons. The maximum atomic E-state index is 3.89. The Labute approximate surface area is 108 Å². The van der Waals surface area contributed by atoms with Gasteiger partial charge in [-0.2, -0.15) is 0 Å². The maximum Gasteiger partial charge on any atom is 0.00232 e. The summed E-state index contributed by atoms with van der Waals surface area (Å²) in [5.41, 5.74) is 0.567.